The number of benzene rings is 2. The van der Waals surface area contributed by atoms with Crippen LogP contribution in [0.15, 0.2) is 36.4 Å². The summed E-state index contributed by atoms with van der Waals surface area (Å²) in [4.78, 5) is 25.6. The van der Waals surface area contributed by atoms with E-state index in [1.165, 1.54) is 26.0 Å². The SMILES string of the molecule is CCOP(=O)(OCC)c1ccc(NC(=O)[C@H]2Cc3cc(OC)c(OC)cc3C(=O)CS2)cc1. The average molecular weight is 494 g/mol. The molecule has 3 rings (SSSR count). The van der Waals surface area contributed by atoms with Crippen LogP contribution >= 0.6 is 19.4 Å². The van der Waals surface area contributed by atoms with Crippen LogP contribution in [-0.4, -0.2) is 50.1 Å². The summed E-state index contributed by atoms with van der Waals surface area (Å²) < 4.78 is 34.3. The Morgan fingerprint density at radius 2 is 1.67 bits per heavy atom. The van der Waals surface area contributed by atoms with Gasteiger partial charge in [-0.3, -0.25) is 14.2 Å². The Morgan fingerprint density at radius 3 is 2.24 bits per heavy atom. The van der Waals surface area contributed by atoms with Crippen molar-refractivity contribution in [3.05, 3.63) is 47.5 Å². The van der Waals surface area contributed by atoms with E-state index in [2.05, 4.69) is 5.32 Å². The Bertz CT molecular complexity index is 1050. The van der Waals surface area contributed by atoms with Gasteiger partial charge in [0.25, 0.3) is 0 Å². The molecule has 0 unspecified atom stereocenters. The molecule has 0 radical (unpaired) electrons. The van der Waals surface area contributed by atoms with Gasteiger partial charge in [0.2, 0.25) is 5.91 Å². The minimum Gasteiger partial charge on any atom is -0.493 e. The third-order valence-electron chi connectivity index (χ3n) is 5.07. The number of ether oxygens (including phenoxy) is 2. The monoisotopic (exact) mass is 493 g/mol. The number of ketones is 1. The van der Waals surface area contributed by atoms with Crippen molar-refractivity contribution in [2.75, 3.05) is 38.5 Å². The summed E-state index contributed by atoms with van der Waals surface area (Å²) >= 11 is 1.30. The largest absolute Gasteiger partial charge is 0.493 e. The second-order valence-electron chi connectivity index (χ2n) is 7.16. The summed E-state index contributed by atoms with van der Waals surface area (Å²) in [7, 11) is -0.346. The molecule has 178 valence electrons. The van der Waals surface area contributed by atoms with Crippen LogP contribution in [0, 0.1) is 0 Å². The van der Waals surface area contributed by atoms with Gasteiger partial charge < -0.3 is 23.8 Å². The number of fused-ring (bicyclic) bond motifs is 1. The molecule has 2 aromatic carbocycles. The molecule has 0 spiro atoms. The molecule has 1 aliphatic rings. The first-order chi connectivity index (χ1) is 15.8. The lowest BCUT2D eigenvalue weighted by Gasteiger charge is -2.18. The topological polar surface area (TPSA) is 100 Å². The lowest BCUT2D eigenvalue weighted by Crippen LogP contribution is -2.27. The van der Waals surface area contributed by atoms with Crippen LogP contribution in [0.4, 0.5) is 5.69 Å². The average Bonchev–Trinajstić information content (AvgIpc) is 2.97. The Balaban J connectivity index is 1.77. The number of hydrogen-bond acceptors (Lipinski definition) is 8. The van der Waals surface area contributed by atoms with Crippen molar-refractivity contribution in [3.8, 4) is 11.5 Å². The maximum atomic E-state index is 13.0. The third-order valence-corrected chi connectivity index (χ3v) is 8.41. The molecule has 0 saturated carbocycles. The number of rotatable bonds is 9. The van der Waals surface area contributed by atoms with Crippen molar-refractivity contribution >= 4 is 42.0 Å². The summed E-state index contributed by atoms with van der Waals surface area (Å²) in [5.41, 5.74) is 1.84. The van der Waals surface area contributed by atoms with Crippen LogP contribution in [-0.2, 0) is 24.8 Å². The molecule has 0 bridgehead atoms. The fourth-order valence-corrected chi connectivity index (χ4v) is 6.09. The number of Topliss-reactive ketones (excluding diaryl/α,β-unsaturated/α-hetero) is 1. The van der Waals surface area contributed by atoms with Crippen LogP contribution in [0.2, 0.25) is 0 Å². The van der Waals surface area contributed by atoms with Crippen molar-refractivity contribution < 1.29 is 32.7 Å². The molecule has 2 aromatic rings. The van der Waals surface area contributed by atoms with Gasteiger partial charge >= 0.3 is 7.60 Å². The van der Waals surface area contributed by atoms with Crippen LogP contribution in [0.1, 0.15) is 29.8 Å². The molecule has 0 fully saturated rings. The van der Waals surface area contributed by atoms with E-state index in [0.717, 1.165) is 5.56 Å². The van der Waals surface area contributed by atoms with E-state index in [0.29, 0.717) is 34.5 Å². The van der Waals surface area contributed by atoms with E-state index < -0.39 is 12.8 Å². The van der Waals surface area contributed by atoms with Gasteiger partial charge in [-0.25, -0.2) is 0 Å². The minimum absolute atomic E-state index is 0.0572. The molecule has 1 amide bonds. The highest BCUT2D eigenvalue weighted by molar-refractivity contribution is 8.01. The molecule has 1 heterocycles. The van der Waals surface area contributed by atoms with Crippen molar-refractivity contribution in [2.24, 2.45) is 0 Å². The standard InChI is InChI=1S/C23H28NO7PS/c1-5-30-32(27,31-6-2)17-9-7-16(8-10-17)24-23(26)22-12-15-11-20(28-3)21(29-4)13-18(15)19(25)14-33-22/h7-11,13,22H,5-6,12,14H2,1-4H3,(H,24,26)/t22-/m1/s1. The molecule has 0 aromatic heterocycles. The number of anilines is 1. The Kier molecular flexibility index (Phi) is 8.59. The van der Waals surface area contributed by atoms with E-state index >= 15 is 0 Å². The molecule has 1 N–H and O–H groups in total. The molecular weight excluding hydrogens is 465 g/mol. The highest BCUT2D eigenvalue weighted by Crippen LogP contribution is 2.46. The second kappa shape index (κ2) is 11.2. The highest BCUT2D eigenvalue weighted by Gasteiger charge is 2.30. The fraction of sp³-hybridized carbons (Fsp3) is 0.391. The first kappa shape index (κ1) is 25.3. The fourth-order valence-electron chi connectivity index (χ4n) is 3.51. The first-order valence-electron chi connectivity index (χ1n) is 10.6. The van der Waals surface area contributed by atoms with Crippen molar-refractivity contribution in [1.29, 1.82) is 0 Å². The molecular formula is C23H28NO7PS. The van der Waals surface area contributed by atoms with Crippen LogP contribution in [0.25, 0.3) is 0 Å². The van der Waals surface area contributed by atoms with E-state index in [-0.39, 0.29) is 30.7 Å². The molecule has 1 aliphatic heterocycles. The quantitative estimate of drug-likeness (QED) is 0.522. The number of nitrogens with one attached hydrogen (secondary N) is 1. The van der Waals surface area contributed by atoms with E-state index in [1.807, 2.05) is 0 Å². The molecule has 1 atom stereocenters. The van der Waals surface area contributed by atoms with Crippen LogP contribution in [0.5, 0.6) is 11.5 Å². The zero-order valence-electron chi connectivity index (χ0n) is 19.1. The number of thioether (sulfide) groups is 1. The number of hydrogen-bond donors (Lipinski definition) is 1. The predicted octanol–water partition coefficient (Wildman–Crippen LogP) is 4.07. The zero-order valence-corrected chi connectivity index (χ0v) is 20.8. The van der Waals surface area contributed by atoms with Crippen molar-refractivity contribution in [2.45, 2.75) is 25.5 Å². The molecule has 10 heteroatoms. The van der Waals surface area contributed by atoms with Gasteiger partial charge in [0.1, 0.15) is 0 Å². The number of carbonyl (C=O) groups excluding carboxylic acids is 2. The number of methoxy groups -OCH3 is 2. The Hall–Kier alpha value is -2.32. The third kappa shape index (κ3) is 5.79. The summed E-state index contributed by atoms with van der Waals surface area (Å²) in [5, 5.41) is 2.84. The van der Waals surface area contributed by atoms with E-state index in [1.54, 1.807) is 50.2 Å². The summed E-state index contributed by atoms with van der Waals surface area (Å²) in [6, 6.07) is 9.99. The van der Waals surface area contributed by atoms with Gasteiger partial charge in [0.15, 0.2) is 17.3 Å². The molecule has 33 heavy (non-hydrogen) atoms. The normalized spacial score (nSPS) is 16.0. The second-order valence-corrected chi connectivity index (χ2v) is 10.4. The Morgan fingerprint density at radius 1 is 1.06 bits per heavy atom. The van der Waals surface area contributed by atoms with Crippen molar-refractivity contribution in [1.82, 2.24) is 0 Å². The molecule has 0 saturated heterocycles. The Labute approximate surface area is 197 Å². The lowest BCUT2D eigenvalue weighted by atomic mass is 9.99. The van der Waals surface area contributed by atoms with E-state index in [4.69, 9.17) is 18.5 Å². The van der Waals surface area contributed by atoms with Gasteiger partial charge in [-0.1, -0.05) is 0 Å². The minimum atomic E-state index is -3.39. The van der Waals surface area contributed by atoms with Crippen LogP contribution in [0.3, 0.4) is 0 Å². The van der Waals surface area contributed by atoms with Gasteiger partial charge in [0, 0.05) is 11.3 Å². The molecule has 0 aliphatic carbocycles. The smallest absolute Gasteiger partial charge is 0.361 e. The number of carbonyl (C=O) groups is 2. The zero-order chi connectivity index (χ0) is 24.0. The first-order valence-corrected chi connectivity index (χ1v) is 13.1. The van der Waals surface area contributed by atoms with Crippen LogP contribution < -0.4 is 20.1 Å². The molecule has 8 nitrogen and oxygen atoms in total. The highest BCUT2D eigenvalue weighted by atomic mass is 32.2. The van der Waals surface area contributed by atoms with Gasteiger partial charge in [-0.15, -0.1) is 11.8 Å². The van der Waals surface area contributed by atoms with Crippen molar-refractivity contribution in [3.63, 3.8) is 0 Å². The predicted molar refractivity (Wildman–Crippen MR) is 129 cm³/mol. The van der Waals surface area contributed by atoms with Gasteiger partial charge in [-0.05, 0) is 62.2 Å². The summed E-state index contributed by atoms with van der Waals surface area (Å²) in [6.45, 7) is 4.01. The summed E-state index contributed by atoms with van der Waals surface area (Å²) in [5.74, 6) is 0.901. The van der Waals surface area contributed by atoms with Gasteiger partial charge in [0.05, 0.1) is 43.7 Å². The lowest BCUT2D eigenvalue weighted by molar-refractivity contribution is -0.115. The maximum Gasteiger partial charge on any atom is 0.361 e. The van der Waals surface area contributed by atoms with E-state index in [9.17, 15) is 14.2 Å². The number of amides is 1. The maximum absolute atomic E-state index is 13.0. The van der Waals surface area contributed by atoms with Gasteiger partial charge in [-0.2, -0.15) is 0 Å². The summed E-state index contributed by atoms with van der Waals surface area (Å²) in [6.07, 6.45) is 0.375.